The highest BCUT2D eigenvalue weighted by atomic mass is 35.5. The molecule has 1 heterocycles. The number of rotatable bonds is 4. The summed E-state index contributed by atoms with van der Waals surface area (Å²) in [6, 6.07) is 11.9. The molecule has 0 aliphatic rings. The number of hydrogen-bond acceptors (Lipinski definition) is 3. The van der Waals surface area contributed by atoms with Crippen LogP contribution in [0.3, 0.4) is 0 Å². The van der Waals surface area contributed by atoms with Crippen molar-refractivity contribution in [2.24, 2.45) is 0 Å². The van der Waals surface area contributed by atoms with Gasteiger partial charge in [-0.05, 0) is 38.1 Å². The van der Waals surface area contributed by atoms with Gasteiger partial charge in [-0.2, -0.15) is 0 Å². The zero-order valence-electron chi connectivity index (χ0n) is 13.6. The number of hydrogen-bond donors (Lipinski definition) is 1. The van der Waals surface area contributed by atoms with Crippen LogP contribution in [0.4, 0.5) is 0 Å². The van der Waals surface area contributed by atoms with E-state index in [0.29, 0.717) is 10.6 Å². The molecule has 1 aromatic heterocycles. The third kappa shape index (κ3) is 3.41. The lowest BCUT2D eigenvalue weighted by atomic mass is 10.0. The average Bonchev–Trinajstić information content (AvgIpc) is 2.92. The Hall–Kier alpha value is -2.30. The number of fused-ring (bicyclic) bond motifs is 1. The fourth-order valence-electron chi connectivity index (χ4n) is 2.70. The number of carbonyl (C=O) groups excluding carboxylic acids is 2. The van der Waals surface area contributed by atoms with Crippen LogP contribution in [0.15, 0.2) is 42.5 Å². The van der Waals surface area contributed by atoms with Gasteiger partial charge >= 0.3 is 5.97 Å². The van der Waals surface area contributed by atoms with E-state index in [1.807, 2.05) is 31.2 Å². The molecule has 0 fully saturated rings. The molecule has 0 bridgehead atoms. The first-order valence-corrected chi connectivity index (χ1v) is 8.41. The number of para-hydroxylation sites is 1. The van der Waals surface area contributed by atoms with Gasteiger partial charge in [0.2, 0.25) is 5.78 Å². The summed E-state index contributed by atoms with van der Waals surface area (Å²) in [6.07, 6.45) is -0.931. The summed E-state index contributed by atoms with van der Waals surface area (Å²) < 4.78 is 5.32. The normalized spacial score (nSPS) is 12.2. The van der Waals surface area contributed by atoms with Gasteiger partial charge in [0.05, 0.1) is 15.6 Å². The van der Waals surface area contributed by atoms with E-state index in [2.05, 4.69) is 4.98 Å². The van der Waals surface area contributed by atoms with Crippen molar-refractivity contribution in [1.82, 2.24) is 4.98 Å². The number of halogens is 2. The second-order valence-corrected chi connectivity index (χ2v) is 6.53. The van der Waals surface area contributed by atoms with Crippen LogP contribution in [0, 0.1) is 6.92 Å². The molecular weight excluding hydrogens is 361 g/mol. The zero-order chi connectivity index (χ0) is 18.1. The molecule has 0 aliphatic carbocycles. The minimum absolute atomic E-state index is 0.240. The lowest BCUT2D eigenvalue weighted by Gasteiger charge is -2.13. The summed E-state index contributed by atoms with van der Waals surface area (Å²) in [4.78, 5) is 28.2. The number of aromatic nitrogens is 1. The molecule has 25 heavy (non-hydrogen) atoms. The van der Waals surface area contributed by atoms with Crippen LogP contribution in [0.25, 0.3) is 10.9 Å². The number of ketones is 1. The summed E-state index contributed by atoms with van der Waals surface area (Å²) in [5.74, 6) is -0.889. The molecule has 0 saturated heterocycles. The second kappa shape index (κ2) is 6.90. The van der Waals surface area contributed by atoms with Crippen LogP contribution in [-0.2, 0) is 4.74 Å². The average molecular weight is 376 g/mol. The van der Waals surface area contributed by atoms with Gasteiger partial charge in [-0.25, -0.2) is 4.79 Å². The number of esters is 1. The van der Waals surface area contributed by atoms with E-state index in [0.717, 1.165) is 16.6 Å². The highest BCUT2D eigenvalue weighted by molar-refractivity contribution is 6.42. The first-order chi connectivity index (χ1) is 11.9. The molecule has 0 unspecified atom stereocenters. The molecular formula is C19H15Cl2NO3. The predicted molar refractivity (Wildman–Crippen MR) is 98.7 cm³/mol. The van der Waals surface area contributed by atoms with Crippen molar-refractivity contribution in [1.29, 1.82) is 0 Å². The van der Waals surface area contributed by atoms with Gasteiger partial charge in [0, 0.05) is 22.2 Å². The smallest absolute Gasteiger partial charge is 0.338 e. The Labute approximate surface area is 154 Å². The number of carbonyl (C=O) groups is 2. The third-order valence-electron chi connectivity index (χ3n) is 3.95. The van der Waals surface area contributed by atoms with Crippen molar-refractivity contribution in [2.75, 3.05) is 0 Å². The number of benzene rings is 2. The standard InChI is InChI=1S/C19H15Cl2NO3/c1-10-17(13-5-3-4-6-16(13)22-10)18(23)11(2)25-19(24)12-7-8-14(20)15(21)9-12/h3-9,11,22H,1-2H3/t11-/m0/s1. The number of ether oxygens (including phenoxy) is 1. The SMILES string of the molecule is Cc1[nH]c2ccccc2c1C(=O)[C@H](C)OC(=O)c1ccc(Cl)c(Cl)c1. The van der Waals surface area contributed by atoms with Crippen molar-refractivity contribution in [3.8, 4) is 0 Å². The highest BCUT2D eigenvalue weighted by Gasteiger charge is 2.25. The summed E-state index contributed by atoms with van der Waals surface area (Å²) in [5.41, 5.74) is 2.38. The molecule has 3 aromatic rings. The topological polar surface area (TPSA) is 59.2 Å². The van der Waals surface area contributed by atoms with E-state index < -0.39 is 12.1 Å². The maximum absolute atomic E-state index is 12.8. The van der Waals surface area contributed by atoms with Gasteiger partial charge in [-0.15, -0.1) is 0 Å². The molecule has 1 N–H and O–H groups in total. The molecule has 0 spiro atoms. The summed E-state index contributed by atoms with van der Waals surface area (Å²) in [5, 5.41) is 1.40. The van der Waals surface area contributed by atoms with Crippen LogP contribution in [0.5, 0.6) is 0 Å². The Morgan fingerprint density at radius 2 is 1.80 bits per heavy atom. The minimum Gasteiger partial charge on any atom is -0.451 e. The quantitative estimate of drug-likeness (QED) is 0.502. The molecule has 6 heteroatoms. The van der Waals surface area contributed by atoms with Gasteiger partial charge in [-0.3, -0.25) is 4.79 Å². The maximum atomic E-state index is 12.8. The summed E-state index contributed by atoms with van der Waals surface area (Å²) in [6.45, 7) is 3.37. The Morgan fingerprint density at radius 3 is 2.52 bits per heavy atom. The first kappa shape index (κ1) is 17.5. The van der Waals surface area contributed by atoms with E-state index in [9.17, 15) is 9.59 Å². The monoisotopic (exact) mass is 375 g/mol. The van der Waals surface area contributed by atoms with Crippen LogP contribution < -0.4 is 0 Å². The Bertz CT molecular complexity index is 978. The van der Waals surface area contributed by atoms with Crippen LogP contribution >= 0.6 is 23.2 Å². The van der Waals surface area contributed by atoms with Gasteiger partial charge < -0.3 is 9.72 Å². The van der Waals surface area contributed by atoms with Crippen LogP contribution in [0.2, 0.25) is 10.0 Å². The summed E-state index contributed by atoms with van der Waals surface area (Å²) in [7, 11) is 0. The van der Waals surface area contributed by atoms with E-state index in [-0.39, 0.29) is 16.4 Å². The molecule has 3 rings (SSSR count). The van der Waals surface area contributed by atoms with Crippen LogP contribution in [-0.4, -0.2) is 22.8 Å². The van der Waals surface area contributed by atoms with Crippen LogP contribution in [0.1, 0.15) is 33.3 Å². The van der Waals surface area contributed by atoms with E-state index >= 15 is 0 Å². The van der Waals surface area contributed by atoms with Crippen molar-refractivity contribution >= 4 is 45.9 Å². The van der Waals surface area contributed by atoms with Crippen molar-refractivity contribution < 1.29 is 14.3 Å². The van der Waals surface area contributed by atoms with E-state index in [4.69, 9.17) is 27.9 Å². The molecule has 128 valence electrons. The molecule has 4 nitrogen and oxygen atoms in total. The zero-order valence-corrected chi connectivity index (χ0v) is 15.1. The van der Waals surface area contributed by atoms with Gasteiger partial charge in [0.15, 0.2) is 6.10 Å². The number of nitrogens with one attached hydrogen (secondary N) is 1. The largest absolute Gasteiger partial charge is 0.451 e. The molecule has 0 aliphatic heterocycles. The van der Waals surface area contributed by atoms with Crippen molar-refractivity contribution in [2.45, 2.75) is 20.0 Å². The second-order valence-electron chi connectivity index (χ2n) is 5.71. The Balaban J connectivity index is 1.83. The van der Waals surface area contributed by atoms with Crippen molar-refractivity contribution in [3.05, 3.63) is 69.3 Å². The van der Waals surface area contributed by atoms with Crippen molar-refractivity contribution in [3.63, 3.8) is 0 Å². The minimum atomic E-state index is -0.931. The molecule has 0 amide bonds. The number of aryl methyl sites for hydroxylation is 1. The molecule has 1 atom stereocenters. The predicted octanol–water partition coefficient (Wildman–Crippen LogP) is 5.21. The number of Topliss-reactive ketones (excluding diaryl/α,β-unsaturated/α-hetero) is 1. The molecule has 2 aromatic carbocycles. The lowest BCUT2D eigenvalue weighted by molar-refractivity contribution is 0.0319. The highest BCUT2D eigenvalue weighted by Crippen LogP contribution is 2.25. The first-order valence-electron chi connectivity index (χ1n) is 7.66. The Kier molecular flexibility index (Phi) is 4.84. The molecule has 0 radical (unpaired) electrons. The molecule has 0 saturated carbocycles. The Morgan fingerprint density at radius 1 is 1.08 bits per heavy atom. The third-order valence-corrected chi connectivity index (χ3v) is 4.69. The fraction of sp³-hybridized carbons (Fsp3) is 0.158. The number of aromatic amines is 1. The van der Waals surface area contributed by atoms with E-state index in [1.165, 1.54) is 18.2 Å². The van der Waals surface area contributed by atoms with Gasteiger partial charge in [0.1, 0.15) is 0 Å². The van der Waals surface area contributed by atoms with Gasteiger partial charge in [-0.1, -0.05) is 41.4 Å². The van der Waals surface area contributed by atoms with E-state index in [1.54, 1.807) is 6.92 Å². The number of H-pyrrole nitrogens is 1. The fourth-order valence-corrected chi connectivity index (χ4v) is 3.00. The van der Waals surface area contributed by atoms with Gasteiger partial charge in [0.25, 0.3) is 0 Å². The summed E-state index contributed by atoms with van der Waals surface area (Å²) >= 11 is 11.8. The maximum Gasteiger partial charge on any atom is 0.338 e. The lowest BCUT2D eigenvalue weighted by Crippen LogP contribution is -2.24.